The van der Waals surface area contributed by atoms with Gasteiger partial charge in [-0.2, -0.15) is 0 Å². The summed E-state index contributed by atoms with van der Waals surface area (Å²) in [5.74, 6) is -0.569. The second-order valence-corrected chi connectivity index (χ2v) is 4.11. The highest BCUT2D eigenvalue weighted by Crippen LogP contribution is 2.22. The highest BCUT2D eigenvalue weighted by Gasteiger charge is 2.16. The molecule has 0 radical (unpaired) electrons. The fourth-order valence-electron chi connectivity index (χ4n) is 1.87. The van der Waals surface area contributed by atoms with E-state index >= 15 is 0 Å². The predicted octanol–water partition coefficient (Wildman–Crippen LogP) is 0.118. The molecular weight excluding hydrogens is 262 g/mol. The van der Waals surface area contributed by atoms with E-state index in [0.29, 0.717) is 5.56 Å². The second kappa shape index (κ2) is 4.19. The molecule has 0 atom stereocenters. The molecule has 0 aliphatic heterocycles. The maximum Gasteiger partial charge on any atom is 0.325 e. The molecule has 0 aliphatic rings. The molecular formula is C12H9N5O3. The van der Waals surface area contributed by atoms with Crippen molar-refractivity contribution in [1.82, 2.24) is 19.9 Å². The normalized spacial score (nSPS) is 10.8. The van der Waals surface area contributed by atoms with Crippen molar-refractivity contribution in [2.24, 2.45) is 5.73 Å². The minimum atomic E-state index is -0.783. The number of hydrogen-bond donors (Lipinski definition) is 4. The summed E-state index contributed by atoms with van der Waals surface area (Å²) in [4.78, 5) is 35.7. The Labute approximate surface area is 111 Å². The number of fused-ring (bicyclic) bond motifs is 1. The first-order chi connectivity index (χ1) is 9.54. The molecule has 0 unspecified atom stereocenters. The molecule has 3 aromatic rings. The number of imidazole rings is 1. The van der Waals surface area contributed by atoms with Gasteiger partial charge in [-0.05, 0) is 12.1 Å². The monoisotopic (exact) mass is 271 g/mol. The van der Waals surface area contributed by atoms with Crippen LogP contribution in [0.25, 0.3) is 22.6 Å². The van der Waals surface area contributed by atoms with Gasteiger partial charge in [0.2, 0.25) is 0 Å². The Balaban J connectivity index is 2.32. The van der Waals surface area contributed by atoms with Gasteiger partial charge in [-0.25, -0.2) is 14.8 Å². The fourth-order valence-corrected chi connectivity index (χ4v) is 1.87. The lowest BCUT2D eigenvalue weighted by Gasteiger charge is -2.03. The summed E-state index contributed by atoms with van der Waals surface area (Å²) in [6, 6.07) is 6.21. The van der Waals surface area contributed by atoms with Crippen LogP contribution in [0.2, 0.25) is 0 Å². The average molecular weight is 271 g/mol. The van der Waals surface area contributed by atoms with Crippen molar-refractivity contribution >= 4 is 17.1 Å². The molecule has 8 heteroatoms. The van der Waals surface area contributed by atoms with E-state index in [-0.39, 0.29) is 28.4 Å². The number of amides is 1. The maximum atomic E-state index is 11.4. The van der Waals surface area contributed by atoms with Crippen LogP contribution in [0, 0.1) is 0 Å². The van der Waals surface area contributed by atoms with Crippen LogP contribution in [0.15, 0.2) is 29.1 Å². The third-order valence-corrected chi connectivity index (χ3v) is 2.72. The van der Waals surface area contributed by atoms with Gasteiger partial charge in [-0.3, -0.25) is 9.78 Å². The number of aromatic amines is 2. The van der Waals surface area contributed by atoms with Crippen molar-refractivity contribution in [2.75, 3.05) is 0 Å². The number of benzene rings is 1. The minimum Gasteiger partial charge on any atom is -0.508 e. The van der Waals surface area contributed by atoms with E-state index < -0.39 is 11.6 Å². The fraction of sp³-hybridized carbons (Fsp3) is 0. The molecule has 0 spiro atoms. The Morgan fingerprint density at radius 1 is 1.25 bits per heavy atom. The van der Waals surface area contributed by atoms with Crippen molar-refractivity contribution in [3.8, 4) is 17.1 Å². The van der Waals surface area contributed by atoms with Crippen LogP contribution in [0.3, 0.4) is 0 Å². The number of aromatic hydroxyl groups is 1. The van der Waals surface area contributed by atoms with Crippen molar-refractivity contribution in [1.29, 1.82) is 0 Å². The number of carbonyl (C=O) groups excluding carboxylic acids is 1. The SMILES string of the molecule is NC(=O)c1nc(-c2cccc(O)c2)nc2[nH]c(=O)[nH]c12. The number of carbonyl (C=O) groups is 1. The molecule has 0 aliphatic carbocycles. The molecule has 5 N–H and O–H groups in total. The molecule has 8 nitrogen and oxygen atoms in total. The highest BCUT2D eigenvalue weighted by molar-refractivity contribution is 6.01. The van der Waals surface area contributed by atoms with Gasteiger partial charge in [0.1, 0.15) is 11.3 Å². The second-order valence-electron chi connectivity index (χ2n) is 4.11. The predicted molar refractivity (Wildman–Crippen MR) is 70.1 cm³/mol. The van der Waals surface area contributed by atoms with Crippen molar-refractivity contribution < 1.29 is 9.90 Å². The number of nitrogens with zero attached hydrogens (tertiary/aromatic N) is 2. The van der Waals surface area contributed by atoms with Crippen LogP contribution in [0.4, 0.5) is 0 Å². The first kappa shape index (κ1) is 11.9. The summed E-state index contributed by atoms with van der Waals surface area (Å²) in [5.41, 5.74) is 5.48. The van der Waals surface area contributed by atoms with E-state index in [1.165, 1.54) is 12.1 Å². The topological polar surface area (TPSA) is 138 Å². The van der Waals surface area contributed by atoms with Crippen LogP contribution in [-0.2, 0) is 0 Å². The Hall–Kier alpha value is -3.16. The van der Waals surface area contributed by atoms with Crippen LogP contribution in [0.1, 0.15) is 10.5 Å². The highest BCUT2D eigenvalue weighted by atomic mass is 16.3. The Morgan fingerprint density at radius 3 is 2.75 bits per heavy atom. The summed E-state index contributed by atoms with van der Waals surface area (Å²) >= 11 is 0. The van der Waals surface area contributed by atoms with Crippen molar-refractivity contribution in [3.05, 3.63) is 40.4 Å². The van der Waals surface area contributed by atoms with E-state index in [1.54, 1.807) is 12.1 Å². The lowest BCUT2D eigenvalue weighted by Crippen LogP contribution is -2.15. The molecule has 100 valence electrons. The van der Waals surface area contributed by atoms with Gasteiger partial charge in [0.05, 0.1) is 0 Å². The number of hydrogen-bond acceptors (Lipinski definition) is 5. The summed E-state index contributed by atoms with van der Waals surface area (Å²) < 4.78 is 0. The van der Waals surface area contributed by atoms with Gasteiger partial charge in [0.25, 0.3) is 5.91 Å². The number of phenolic OH excluding ortho intramolecular Hbond substituents is 1. The molecule has 1 aromatic carbocycles. The van der Waals surface area contributed by atoms with Crippen LogP contribution in [-0.4, -0.2) is 30.9 Å². The molecule has 2 heterocycles. The number of phenols is 1. The summed E-state index contributed by atoms with van der Waals surface area (Å²) in [6.07, 6.45) is 0. The smallest absolute Gasteiger partial charge is 0.325 e. The van der Waals surface area contributed by atoms with Crippen LogP contribution >= 0.6 is 0 Å². The number of nitrogens with two attached hydrogens (primary N) is 1. The number of rotatable bonds is 2. The van der Waals surface area contributed by atoms with Gasteiger partial charge in [0, 0.05) is 5.56 Å². The van der Waals surface area contributed by atoms with E-state index in [2.05, 4.69) is 19.9 Å². The number of nitrogens with one attached hydrogen (secondary N) is 2. The van der Waals surface area contributed by atoms with Gasteiger partial charge in [-0.1, -0.05) is 12.1 Å². The molecule has 3 rings (SSSR count). The van der Waals surface area contributed by atoms with Crippen LogP contribution in [0.5, 0.6) is 5.75 Å². The Kier molecular flexibility index (Phi) is 2.50. The molecule has 2 aromatic heterocycles. The largest absolute Gasteiger partial charge is 0.508 e. The zero-order chi connectivity index (χ0) is 14.3. The molecule has 0 saturated heterocycles. The standard InChI is InChI=1S/C12H9N5O3/c13-9(19)7-8-11(17-12(20)15-8)16-10(14-7)5-2-1-3-6(18)4-5/h1-4,18H,(H2,13,19)(H2,14,15,16,17,20). The molecule has 1 amide bonds. The van der Waals surface area contributed by atoms with Gasteiger partial charge in [0.15, 0.2) is 17.2 Å². The van der Waals surface area contributed by atoms with E-state index in [4.69, 9.17) is 5.73 Å². The van der Waals surface area contributed by atoms with Gasteiger partial charge in [-0.15, -0.1) is 0 Å². The molecule has 20 heavy (non-hydrogen) atoms. The first-order valence-electron chi connectivity index (χ1n) is 5.64. The van der Waals surface area contributed by atoms with Crippen LogP contribution < -0.4 is 11.4 Å². The average Bonchev–Trinajstić information content (AvgIpc) is 2.77. The number of primary amides is 1. The van der Waals surface area contributed by atoms with Crippen molar-refractivity contribution in [2.45, 2.75) is 0 Å². The van der Waals surface area contributed by atoms with Crippen molar-refractivity contribution in [3.63, 3.8) is 0 Å². The molecule has 0 saturated carbocycles. The van der Waals surface area contributed by atoms with Gasteiger partial charge < -0.3 is 15.8 Å². The van der Waals surface area contributed by atoms with E-state index in [0.717, 1.165) is 0 Å². The zero-order valence-corrected chi connectivity index (χ0v) is 10.0. The third-order valence-electron chi connectivity index (χ3n) is 2.72. The number of H-pyrrole nitrogens is 2. The zero-order valence-electron chi connectivity index (χ0n) is 10.0. The third kappa shape index (κ3) is 1.88. The minimum absolute atomic E-state index is 0.0365. The molecule has 0 fully saturated rings. The summed E-state index contributed by atoms with van der Waals surface area (Å²) in [7, 11) is 0. The lowest BCUT2D eigenvalue weighted by atomic mass is 10.2. The number of aromatic nitrogens is 4. The molecule has 0 bridgehead atoms. The van der Waals surface area contributed by atoms with E-state index in [9.17, 15) is 14.7 Å². The van der Waals surface area contributed by atoms with E-state index in [1.807, 2.05) is 0 Å². The lowest BCUT2D eigenvalue weighted by molar-refractivity contribution is 0.0997. The quantitative estimate of drug-likeness (QED) is 0.524. The summed E-state index contributed by atoms with van der Waals surface area (Å²) in [5, 5.41) is 9.46. The maximum absolute atomic E-state index is 11.4. The first-order valence-corrected chi connectivity index (χ1v) is 5.64. The Bertz CT molecular complexity index is 880. The summed E-state index contributed by atoms with van der Waals surface area (Å²) in [6.45, 7) is 0. The Morgan fingerprint density at radius 2 is 2.05 bits per heavy atom. The van der Waals surface area contributed by atoms with Gasteiger partial charge >= 0.3 is 5.69 Å².